The van der Waals surface area contributed by atoms with Crippen LogP contribution in [0.3, 0.4) is 0 Å². The van der Waals surface area contributed by atoms with Gasteiger partial charge in [-0.25, -0.2) is 0 Å². The highest BCUT2D eigenvalue weighted by Gasteiger charge is 2.24. The first-order valence-electron chi connectivity index (χ1n) is 12.2. The highest BCUT2D eigenvalue weighted by molar-refractivity contribution is 6.07. The van der Waals surface area contributed by atoms with Crippen molar-refractivity contribution in [1.29, 1.82) is 0 Å². The summed E-state index contributed by atoms with van der Waals surface area (Å²) in [6.07, 6.45) is 6.80. The molecule has 1 saturated heterocycles. The number of fused-ring (bicyclic) bond motifs is 1. The van der Waals surface area contributed by atoms with Gasteiger partial charge in [0, 0.05) is 47.9 Å². The van der Waals surface area contributed by atoms with Crippen LogP contribution < -0.4 is 19.5 Å². The van der Waals surface area contributed by atoms with E-state index in [1.807, 2.05) is 29.3 Å². The predicted octanol–water partition coefficient (Wildman–Crippen LogP) is 4.47. The second-order valence-electron chi connectivity index (χ2n) is 8.67. The smallest absolute Gasteiger partial charge is 0.270 e. The van der Waals surface area contributed by atoms with Gasteiger partial charge >= 0.3 is 0 Å². The Balaban J connectivity index is 1.75. The first-order chi connectivity index (χ1) is 17.5. The van der Waals surface area contributed by atoms with Crippen molar-refractivity contribution in [2.24, 2.45) is 0 Å². The Hall–Kier alpha value is -3.94. The molecule has 0 radical (unpaired) electrons. The van der Waals surface area contributed by atoms with Crippen LogP contribution in [0.25, 0.3) is 17.0 Å². The van der Waals surface area contributed by atoms with Crippen molar-refractivity contribution in [2.75, 3.05) is 34.4 Å². The van der Waals surface area contributed by atoms with E-state index >= 15 is 0 Å². The number of hydrogen-bond acceptors (Lipinski definition) is 5. The maximum Gasteiger partial charge on any atom is 0.270 e. The summed E-state index contributed by atoms with van der Waals surface area (Å²) < 4.78 is 18.3. The summed E-state index contributed by atoms with van der Waals surface area (Å²) in [7, 11) is 4.49. The van der Waals surface area contributed by atoms with Crippen molar-refractivity contribution in [3.8, 4) is 17.2 Å². The number of aryl methyl sites for hydroxylation is 1. The molecule has 4 rings (SSSR count). The molecule has 2 aromatic carbocycles. The fraction of sp³-hybridized carbons (Fsp3) is 0.357. The molecule has 0 aliphatic carbocycles. The molecule has 2 amide bonds. The molecule has 1 aromatic heterocycles. The molecule has 0 saturated carbocycles. The highest BCUT2D eigenvalue weighted by atomic mass is 16.5. The molecule has 8 heteroatoms. The van der Waals surface area contributed by atoms with Gasteiger partial charge in [-0.1, -0.05) is 18.2 Å². The minimum Gasteiger partial charge on any atom is -0.493 e. The van der Waals surface area contributed by atoms with Crippen LogP contribution in [0.15, 0.2) is 48.3 Å². The van der Waals surface area contributed by atoms with E-state index in [0.717, 1.165) is 42.3 Å². The quantitative estimate of drug-likeness (QED) is 0.470. The van der Waals surface area contributed by atoms with Crippen LogP contribution in [-0.2, 0) is 11.3 Å². The van der Waals surface area contributed by atoms with Crippen molar-refractivity contribution in [3.63, 3.8) is 0 Å². The number of rotatable bonds is 8. The molecule has 1 N–H and O–H groups in total. The van der Waals surface area contributed by atoms with Gasteiger partial charge < -0.3 is 29.0 Å². The third kappa shape index (κ3) is 5.03. The molecule has 2 heterocycles. The number of hydrogen-bond donors (Lipinski definition) is 1. The molecule has 1 fully saturated rings. The third-order valence-electron chi connectivity index (χ3n) is 6.51. The number of amides is 2. The molecular formula is C28H33N3O5. The SMILES string of the molecule is CCn1cc(C=C(NC(=O)c2cc(OC)c(OC)c(OC)c2)C(=O)N2CCCCC2)c2ccccc21. The van der Waals surface area contributed by atoms with Crippen LogP contribution in [0.4, 0.5) is 0 Å². The highest BCUT2D eigenvalue weighted by Crippen LogP contribution is 2.38. The second kappa shape index (κ2) is 11.2. The molecule has 0 spiro atoms. The average Bonchev–Trinajstić information content (AvgIpc) is 3.29. The molecular weight excluding hydrogens is 458 g/mol. The number of nitrogens with one attached hydrogen (secondary N) is 1. The van der Waals surface area contributed by atoms with Gasteiger partial charge in [0.15, 0.2) is 11.5 Å². The van der Waals surface area contributed by atoms with E-state index in [2.05, 4.69) is 22.9 Å². The Labute approximate surface area is 211 Å². The van der Waals surface area contributed by atoms with Crippen molar-refractivity contribution in [1.82, 2.24) is 14.8 Å². The molecule has 8 nitrogen and oxygen atoms in total. The van der Waals surface area contributed by atoms with Crippen molar-refractivity contribution in [2.45, 2.75) is 32.7 Å². The predicted molar refractivity (Wildman–Crippen MR) is 140 cm³/mol. The second-order valence-corrected chi connectivity index (χ2v) is 8.67. The average molecular weight is 492 g/mol. The van der Waals surface area contributed by atoms with E-state index in [-0.39, 0.29) is 17.2 Å². The number of benzene rings is 2. The first-order valence-corrected chi connectivity index (χ1v) is 12.2. The van der Waals surface area contributed by atoms with Gasteiger partial charge in [0.1, 0.15) is 5.70 Å². The summed E-state index contributed by atoms with van der Waals surface area (Å²) >= 11 is 0. The van der Waals surface area contributed by atoms with E-state index in [0.29, 0.717) is 30.3 Å². The third-order valence-corrected chi connectivity index (χ3v) is 6.51. The summed E-state index contributed by atoms with van der Waals surface area (Å²) in [5.41, 5.74) is 2.47. The lowest BCUT2D eigenvalue weighted by molar-refractivity contribution is -0.128. The van der Waals surface area contributed by atoms with Gasteiger partial charge in [0.05, 0.1) is 21.3 Å². The van der Waals surface area contributed by atoms with E-state index in [4.69, 9.17) is 14.2 Å². The lowest BCUT2D eigenvalue weighted by atomic mass is 10.1. The van der Waals surface area contributed by atoms with Gasteiger partial charge in [0.25, 0.3) is 11.8 Å². The Morgan fingerprint density at radius 2 is 1.64 bits per heavy atom. The number of likely N-dealkylation sites (tertiary alicyclic amines) is 1. The standard InChI is InChI=1S/C28H33N3O5/c1-5-30-18-20(21-11-7-8-12-23(21)30)15-22(28(33)31-13-9-6-10-14-31)29-27(32)19-16-24(34-2)26(36-4)25(17-19)35-3/h7-8,11-12,15-18H,5-6,9-10,13-14H2,1-4H3,(H,29,32). The molecule has 1 aliphatic rings. The van der Waals surface area contributed by atoms with E-state index < -0.39 is 5.91 Å². The fourth-order valence-corrected chi connectivity index (χ4v) is 4.63. The monoisotopic (exact) mass is 491 g/mol. The van der Waals surface area contributed by atoms with Crippen LogP contribution in [0.5, 0.6) is 17.2 Å². The zero-order valence-electron chi connectivity index (χ0n) is 21.3. The van der Waals surface area contributed by atoms with Crippen LogP contribution in [0.1, 0.15) is 42.1 Å². The van der Waals surface area contributed by atoms with Gasteiger partial charge in [-0.2, -0.15) is 0 Å². The minimum atomic E-state index is -0.440. The summed E-state index contributed by atoms with van der Waals surface area (Å²) in [5.74, 6) is 0.486. The Morgan fingerprint density at radius 1 is 0.972 bits per heavy atom. The Kier molecular flexibility index (Phi) is 7.83. The molecule has 1 aliphatic heterocycles. The molecule has 190 valence electrons. The lowest BCUT2D eigenvalue weighted by Crippen LogP contribution is -2.41. The number of carbonyl (C=O) groups is 2. The largest absolute Gasteiger partial charge is 0.493 e. The zero-order valence-corrected chi connectivity index (χ0v) is 21.3. The maximum atomic E-state index is 13.6. The van der Waals surface area contributed by atoms with Crippen LogP contribution in [0.2, 0.25) is 0 Å². The number of nitrogens with zero attached hydrogens (tertiary/aromatic N) is 2. The van der Waals surface area contributed by atoms with Crippen molar-refractivity contribution in [3.05, 3.63) is 59.4 Å². The number of ether oxygens (including phenoxy) is 3. The van der Waals surface area contributed by atoms with Crippen molar-refractivity contribution >= 4 is 28.8 Å². The summed E-state index contributed by atoms with van der Waals surface area (Å²) in [6, 6.07) is 11.2. The van der Waals surface area contributed by atoms with E-state index in [9.17, 15) is 9.59 Å². The Morgan fingerprint density at radius 3 is 2.25 bits per heavy atom. The minimum absolute atomic E-state index is 0.191. The number of piperidine rings is 1. The topological polar surface area (TPSA) is 82.0 Å². The molecule has 0 atom stereocenters. The summed E-state index contributed by atoms with van der Waals surface area (Å²) in [4.78, 5) is 28.8. The lowest BCUT2D eigenvalue weighted by Gasteiger charge is -2.27. The fourth-order valence-electron chi connectivity index (χ4n) is 4.63. The van der Waals surface area contributed by atoms with E-state index in [1.54, 1.807) is 18.2 Å². The van der Waals surface area contributed by atoms with Gasteiger partial charge in [-0.05, 0) is 50.5 Å². The zero-order chi connectivity index (χ0) is 25.7. The van der Waals surface area contributed by atoms with Crippen molar-refractivity contribution < 1.29 is 23.8 Å². The van der Waals surface area contributed by atoms with Gasteiger partial charge in [0.2, 0.25) is 5.75 Å². The number of methoxy groups -OCH3 is 3. The molecule has 0 unspecified atom stereocenters. The number of carbonyl (C=O) groups excluding carboxylic acids is 2. The van der Waals surface area contributed by atoms with Crippen LogP contribution in [-0.4, -0.2) is 55.7 Å². The van der Waals surface area contributed by atoms with Crippen LogP contribution >= 0.6 is 0 Å². The molecule has 36 heavy (non-hydrogen) atoms. The number of para-hydroxylation sites is 1. The molecule has 3 aromatic rings. The Bertz CT molecular complexity index is 1260. The van der Waals surface area contributed by atoms with Crippen LogP contribution in [0, 0.1) is 0 Å². The summed E-state index contributed by atoms with van der Waals surface area (Å²) in [5, 5.41) is 3.90. The van der Waals surface area contributed by atoms with Gasteiger partial charge in [-0.15, -0.1) is 0 Å². The maximum absolute atomic E-state index is 13.6. The van der Waals surface area contributed by atoms with Gasteiger partial charge in [-0.3, -0.25) is 9.59 Å². The first kappa shape index (κ1) is 25.2. The number of aromatic nitrogens is 1. The molecule has 0 bridgehead atoms. The van der Waals surface area contributed by atoms with E-state index in [1.165, 1.54) is 21.3 Å². The normalized spacial score (nSPS) is 14.0. The summed E-state index contributed by atoms with van der Waals surface area (Å²) in [6.45, 7) is 4.22.